The molecule has 8 nitrogen and oxygen atoms in total. The number of hydrogen-bond acceptors (Lipinski definition) is 6. The molecule has 0 fully saturated rings. The van der Waals surface area contributed by atoms with Crippen LogP contribution in [-0.2, 0) is 14.8 Å². The van der Waals surface area contributed by atoms with Crippen LogP contribution in [0.4, 0.5) is 11.4 Å². The number of rotatable bonds is 6. The Morgan fingerprint density at radius 1 is 1.23 bits per heavy atom. The van der Waals surface area contributed by atoms with Crippen LogP contribution in [-0.4, -0.2) is 33.0 Å². The van der Waals surface area contributed by atoms with E-state index in [4.69, 9.17) is 0 Å². The monoisotopic (exact) mass is 378 g/mol. The average Bonchev–Trinajstić information content (AvgIpc) is 2.61. The summed E-state index contributed by atoms with van der Waals surface area (Å²) in [5.41, 5.74) is 0.544. The van der Waals surface area contributed by atoms with Crippen molar-refractivity contribution in [2.75, 3.05) is 18.0 Å². The Labute approximate surface area is 151 Å². The van der Waals surface area contributed by atoms with Gasteiger partial charge in [-0.3, -0.25) is 14.4 Å². The number of anilines is 1. The van der Waals surface area contributed by atoms with E-state index in [0.717, 1.165) is 10.4 Å². The number of nitro groups is 1. The molecule has 0 bridgehead atoms. The SMILES string of the molecule is CCN(c1cccc(C(=O)OC)c1)S(=O)(=O)c1cc([N+](=O)[O-])ccc1C. The van der Waals surface area contributed by atoms with E-state index in [2.05, 4.69) is 4.74 Å². The topological polar surface area (TPSA) is 107 Å². The largest absolute Gasteiger partial charge is 0.465 e. The maximum atomic E-state index is 13.1. The number of esters is 1. The molecule has 0 aromatic heterocycles. The number of sulfonamides is 1. The quantitative estimate of drug-likeness (QED) is 0.435. The number of hydrogen-bond donors (Lipinski definition) is 0. The van der Waals surface area contributed by atoms with E-state index in [1.807, 2.05) is 0 Å². The summed E-state index contributed by atoms with van der Waals surface area (Å²) in [5.74, 6) is -0.591. The van der Waals surface area contributed by atoms with Crippen molar-refractivity contribution in [2.24, 2.45) is 0 Å². The molecule has 0 radical (unpaired) electrons. The molecular weight excluding hydrogens is 360 g/mol. The molecule has 2 rings (SSSR count). The first-order chi connectivity index (χ1) is 12.2. The second-order valence-electron chi connectivity index (χ2n) is 5.42. The second-order valence-corrected chi connectivity index (χ2v) is 7.25. The standard InChI is InChI=1S/C17H18N2O6S/c1-4-18(14-7-5-6-13(10-14)17(20)25-3)26(23,24)16-11-15(19(21)22)9-8-12(16)2/h5-11H,4H2,1-3H3. The van der Waals surface area contributed by atoms with Gasteiger partial charge >= 0.3 is 5.97 Å². The van der Waals surface area contributed by atoms with Crippen LogP contribution in [0.5, 0.6) is 0 Å². The van der Waals surface area contributed by atoms with Crippen LogP contribution < -0.4 is 4.31 Å². The zero-order valence-electron chi connectivity index (χ0n) is 14.5. The maximum Gasteiger partial charge on any atom is 0.337 e. The molecule has 26 heavy (non-hydrogen) atoms. The molecule has 0 aliphatic rings. The summed E-state index contributed by atoms with van der Waals surface area (Å²) in [7, 11) is -2.83. The van der Waals surface area contributed by atoms with Crippen LogP contribution in [0.3, 0.4) is 0 Å². The van der Waals surface area contributed by atoms with Gasteiger partial charge in [0.05, 0.1) is 28.2 Å². The number of carbonyl (C=O) groups excluding carboxylic acids is 1. The number of methoxy groups -OCH3 is 1. The van der Waals surface area contributed by atoms with E-state index in [9.17, 15) is 23.3 Å². The van der Waals surface area contributed by atoms with Gasteiger partial charge in [0.2, 0.25) is 0 Å². The first kappa shape index (κ1) is 19.4. The van der Waals surface area contributed by atoms with Crippen LogP contribution in [0.15, 0.2) is 47.4 Å². The summed E-state index contributed by atoms with van der Waals surface area (Å²) >= 11 is 0. The molecule has 0 N–H and O–H groups in total. The number of non-ortho nitro benzene ring substituents is 1. The van der Waals surface area contributed by atoms with E-state index >= 15 is 0 Å². The first-order valence-electron chi connectivity index (χ1n) is 7.68. The Morgan fingerprint density at radius 3 is 2.50 bits per heavy atom. The smallest absolute Gasteiger partial charge is 0.337 e. The Balaban J connectivity index is 2.58. The fourth-order valence-corrected chi connectivity index (χ4v) is 4.21. The van der Waals surface area contributed by atoms with Gasteiger partial charge in [-0.05, 0) is 37.6 Å². The minimum absolute atomic E-state index is 0.0785. The molecule has 0 spiro atoms. The van der Waals surface area contributed by atoms with Gasteiger partial charge in [0, 0.05) is 18.7 Å². The molecule has 0 saturated carbocycles. The van der Waals surface area contributed by atoms with E-state index in [-0.39, 0.29) is 28.4 Å². The van der Waals surface area contributed by atoms with Crippen molar-refractivity contribution in [1.82, 2.24) is 0 Å². The molecule has 0 aliphatic heterocycles. The summed E-state index contributed by atoms with van der Waals surface area (Å²) < 4.78 is 31.9. The number of benzene rings is 2. The van der Waals surface area contributed by atoms with Crippen molar-refractivity contribution >= 4 is 27.4 Å². The lowest BCUT2D eigenvalue weighted by atomic mass is 10.2. The second kappa shape index (κ2) is 7.52. The maximum absolute atomic E-state index is 13.1. The highest BCUT2D eigenvalue weighted by Gasteiger charge is 2.27. The van der Waals surface area contributed by atoms with Gasteiger partial charge in [-0.25, -0.2) is 13.2 Å². The highest BCUT2D eigenvalue weighted by atomic mass is 32.2. The lowest BCUT2D eigenvalue weighted by molar-refractivity contribution is -0.385. The third-order valence-electron chi connectivity index (χ3n) is 3.79. The van der Waals surface area contributed by atoms with E-state index in [0.29, 0.717) is 5.56 Å². The number of nitrogens with zero attached hydrogens (tertiary/aromatic N) is 2. The van der Waals surface area contributed by atoms with Gasteiger partial charge in [-0.15, -0.1) is 0 Å². The molecule has 0 heterocycles. The summed E-state index contributed by atoms with van der Waals surface area (Å²) in [4.78, 5) is 21.9. The minimum atomic E-state index is -4.06. The molecule has 0 amide bonds. The number of nitro benzene ring substituents is 1. The summed E-state index contributed by atoms with van der Waals surface area (Å²) in [6, 6.07) is 9.68. The molecule has 0 saturated heterocycles. The van der Waals surface area contributed by atoms with Crippen molar-refractivity contribution in [2.45, 2.75) is 18.7 Å². The fraction of sp³-hybridized carbons (Fsp3) is 0.235. The molecule has 0 atom stereocenters. The number of ether oxygens (including phenoxy) is 1. The highest BCUT2D eigenvalue weighted by Crippen LogP contribution is 2.29. The molecule has 2 aromatic rings. The molecule has 0 aliphatic carbocycles. The zero-order chi connectivity index (χ0) is 19.5. The summed E-state index contributed by atoms with van der Waals surface area (Å²) in [5, 5.41) is 11.0. The Morgan fingerprint density at radius 2 is 1.92 bits per heavy atom. The van der Waals surface area contributed by atoms with Gasteiger partial charge < -0.3 is 4.74 Å². The number of aryl methyl sites for hydroxylation is 1. The van der Waals surface area contributed by atoms with Gasteiger partial charge in [-0.1, -0.05) is 12.1 Å². The molecule has 2 aromatic carbocycles. The van der Waals surface area contributed by atoms with Crippen molar-refractivity contribution in [3.05, 3.63) is 63.7 Å². The Bertz CT molecular complexity index is 955. The van der Waals surface area contributed by atoms with Crippen molar-refractivity contribution in [1.29, 1.82) is 0 Å². The summed E-state index contributed by atoms with van der Waals surface area (Å²) in [6.45, 7) is 3.28. The van der Waals surface area contributed by atoms with Gasteiger partial charge in [0.1, 0.15) is 0 Å². The van der Waals surface area contributed by atoms with Crippen LogP contribution >= 0.6 is 0 Å². The van der Waals surface area contributed by atoms with Gasteiger partial charge in [-0.2, -0.15) is 0 Å². The predicted molar refractivity (Wildman–Crippen MR) is 95.8 cm³/mol. The molecular formula is C17H18N2O6S. The third kappa shape index (κ3) is 3.67. The van der Waals surface area contributed by atoms with Crippen LogP contribution in [0.25, 0.3) is 0 Å². The highest BCUT2D eigenvalue weighted by molar-refractivity contribution is 7.92. The average molecular weight is 378 g/mol. The fourth-order valence-electron chi connectivity index (χ4n) is 2.50. The van der Waals surface area contributed by atoms with Crippen LogP contribution in [0, 0.1) is 17.0 Å². The van der Waals surface area contributed by atoms with Crippen molar-refractivity contribution in [3.63, 3.8) is 0 Å². The molecule has 0 unspecified atom stereocenters. The third-order valence-corrected chi connectivity index (χ3v) is 5.84. The molecule has 9 heteroatoms. The van der Waals surface area contributed by atoms with Crippen LogP contribution in [0.2, 0.25) is 0 Å². The van der Waals surface area contributed by atoms with E-state index < -0.39 is 20.9 Å². The Hall–Kier alpha value is -2.94. The summed E-state index contributed by atoms with van der Waals surface area (Å²) in [6.07, 6.45) is 0. The minimum Gasteiger partial charge on any atom is -0.465 e. The van der Waals surface area contributed by atoms with Crippen LogP contribution in [0.1, 0.15) is 22.8 Å². The molecule has 138 valence electrons. The van der Waals surface area contributed by atoms with Gasteiger partial charge in [0.25, 0.3) is 15.7 Å². The lowest BCUT2D eigenvalue weighted by Gasteiger charge is -2.24. The Kier molecular flexibility index (Phi) is 5.61. The number of carbonyl (C=O) groups is 1. The van der Waals surface area contributed by atoms with Gasteiger partial charge in [0.15, 0.2) is 0 Å². The van der Waals surface area contributed by atoms with E-state index in [1.54, 1.807) is 26.0 Å². The van der Waals surface area contributed by atoms with Crippen molar-refractivity contribution in [3.8, 4) is 0 Å². The first-order valence-corrected chi connectivity index (χ1v) is 9.12. The lowest BCUT2D eigenvalue weighted by Crippen LogP contribution is -2.31. The zero-order valence-corrected chi connectivity index (χ0v) is 15.3. The normalized spacial score (nSPS) is 11.0. The predicted octanol–water partition coefficient (Wildman–Crippen LogP) is 2.91. The van der Waals surface area contributed by atoms with Crippen molar-refractivity contribution < 1.29 is 22.9 Å². The van der Waals surface area contributed by atoms with E-state index in [1.165, 1.54) is 31.4 Å².